The third-order valence-electron chi connectivity index (χ3n) is 7.12. The van der Waals surface area contributed by atoms with E-state index in [1.807, 2.05) is 24.3 Å². The number of aliphatic hydroxyl groups excluding tert-OH is 1. The number of hydrogen-bond acceptors (Lipinski definition) is 5. The maximum absolute atomic E-state index is 13.0. The van der Waals surface area contributed by atoms with E-state index in [9.17, 15) is 19.5 Å². The summed E-state index contributed by atoms with van der Waals surface area (Å²) in [5, 5.41) is 24.1. The zero-order valence-electron chi connectivity index (χ0n) is 19.7. The van der Waals surface area contributed by atoms with Crippen molar-refractivity contribution >= 4 is 18.0 Å². The third kappa shape index (κ3) is 5.65. The van der Waals surface area contributed by atoms with Crippen molar-refractivity contribution in [3.05, 3.63) is 59.7 Å². The second-order valence-electron chi connectivity index (χ2n) is 9.48. The van der Waals surface area contributed by atoms with Crippen LogP contribution in [0.5, 0.6) is 0 Å². The van der Waals surface area contributed by atoms with Gasteiger partial charge in [-0.3, -0.25) is 9.59 Å². The van der Waals surface area contributed by atoms with Gasteiger partial charge in [-0.2, -0.15) is 0 Å². The number of fused-ring (bicyclic) bond motifs is 3. The molecule has 8 nitrogen and oxygen atoms in total. The predicted octanol–water partition coefficient (Wildman–Crippen LogP) is 3.43. The molecule has 35 heavy (non-hydrogen) atoms. The lowest BCUT2D eigenvalue weighted by atomic mass is 9.73. The smallest absolute Gasteiger partial charge is 0.407 e. The van der Waals surface area contributed by atoms with Crippen molar-refractivity contribution < 1.29 is 29.3 Å². The van der Waals surface area contributed by atoms with E-state index in [1.54, 1.807) is 0 Å². The van der Waals surface area contributed by atoms with Crippen LogP contribution in [0.2, 0.25) is 0 Å². The Kier molecular flexibility index (Phi) is 7.70. The number of hydrogen-bond donors (Lipinski definition) is 4. The normalized spacial score (nSPS) is 17.1. The van der Waals surface area contributed by atoms with Crippen LogP contribution in [0, 0.1) is 5.41 Å². The van der Waals surface area contributed by atoms with Gasteiger partial charge in [0, 0.05) is 19.0 Å². The van der Waals surface area contributed by atoms with Crippen molar-refractivity contribution in [2.24, 2.45) is 5.41 Å². The summed E-state index contributed by atoms with van der Waals surface area (Å²) in [6, 6.07) is 16.2. The van der Waals surface area contributed by atoms with E-state index >= 15 is 0 Å². The number of nitrogens with one attached hydrogen (secondary N) is 2. The monoisotopic (exact) mass is 480 g/mol. The van der Waals surface area contributed by atoms with Gasteiger partial charge in [0.2, 0.25) is 5.91 Å². The van der Waals surface area contributed by atoms with Crippen LogP contribution in [0.15, 0.2) is 48.5 Å². The maximum Gasteiger partial charge on any atom is 0.407 e. The highest BCUT2D eigenvalue weighted by Crippen LogP contribution is 2.44. The van der Waals surface area contributed by atoms with Gasteiger partial charge >= 0.3 is 12.1 Å². The molecule has 0 aliphatic heterocycles. The van der Waals surface area contributed by atoms with Gasteiger partial charge in [-0.05, 0) is 35.1 Å². The van der Waals surface area contributed by atoms with E-state index < -0.39 is 30.0 Å². The van der Waals surface area contributed by atoms with Crippen LogP contribution in [0.4, 0.5) is 4.79 Å². The van der Waals surface area contributed by atoms with Crippen molar-refractivity contribution in [3.63, 3.8) is 0 Å². The first kappa shape index (κ1) is 24.7. The minimum Gasteiger partial charge on any atom is -0.481 e. The summed E-state index contributed by atoms with van der Waals surface area (Å²) in [7, 11) is 0. The summed E-state index contributed by atoms with van der Waals surface area (Å²) < 4.78 is 5.61. The van der Waals surface area contributed by atoms with Gasteiger partial charge in [-0.1, -0.05) is 67.8 Å². The average molecular weight is 481 g/mol. The minimum atomic E-state index is -1.16. The molecule has 2 amide bonds. The van der Waals surface area contributed by atoms with E-state index in [2.05, 4.69) is 34.9 Å². The Hall–Kier alpha value is -3.39. The molecule has 0 radical (unpaired) electrons. The van der Waals surface area contributed by atoms with Crippen LogP contribution in [-0.2, 0) is 14.3 Å². The zero-order chi connectivity index (χ0) is 24.8. The first-order chi connectivity index (χ1) is 16.9. The molecule has 2 aliphatic carbocycles. The Morgan fingerprint density at radius 3 is 2.14 bits per heavy atom. The Morgan fingerprint density at radius 2 is 1.54 bits per heavy atom. The lowest BCUT2D eigenvalue weighted by molar-refractivity contribution is -0.140. The van der Waals surface area contributed by atoms with Crippen molar-refractivity contribution in [1.82, 2.24) is 10.6 Å². The fraction of sp³-hybridized carbons (Fsp3) is 0.444. The van der Waals surface area contributed by atoms with Crippen molar-refractivity contribution in [1.29, 1.82) is 0 Å². The van der Waals surface area contributed by atoms with Gasteiger partial charge < -0.3 is 25.6 Å². The molecule has 4 N–H and O–H groups in total. The number of alkyl carbamates (subject to hydrolysis) is 1. The number of benzene rings is 2. The first-order valence-corrected chi connectivity index (χ1v) is 12.2. The summed E-state index contributed by atoms with van der Waals surface area (Å²) in [6.07, 6.45) is 1.78. The molecule has 1 saturated carbocycles. The minimum absolute atomic E-state index is 0.0455. The number of carboxylic acids is 1. The molecule has 1 fully saturated rings. The molecule has 0 bridgehead atoms. The van der Waals surface area contributed by atoms with Crippen LogP contribution < -0.4 is 10.6 Å². The van der Waals surface area contributed by atoms with Gasteiger partial charge in [0.05, 0.1) is 17.9 Å². The Bertz CT molecular complexity index is 1030. The Balaban J connectivity index is 1.35. The molecule has 2 aromatic carbocycles. The fourth-order valence-corrected chi connectivity index (χ4v) is 5.28. The van der Waals surface area contributed by atoms with E-state index in [4.69, 9.17) is 9.84 Å². The van der Waals surface area contributed by atoms with Gasteiger partial charge in [-0.25, -0.2) is 4.79 Å². The Labute approximate surface area is 204 Å². The molecule has 2 aliphatic rings. The van der Waals surface area contributed by atoms with Gasteiger partial charge in [0.25, 0.3) is 0 Å². The summed E-state index contributed by atoms with van der Waals surface area (Å²) in [6.45, 7) is 0.183. The molecule has 0 saturated heterocycles. The summed E-state index contributed by atoms with van der Waals surface area (Å²) in [4.78, 5) is 36.4. The number of rotatable bonds is 9. The highest BCUT2D eigenvalue weighted by molar-refractivity contribution is 5.84. The zero-order valence-corrected chi connectivity index (χ0v) is 19.7. The summed E-state index contributed by atoms with van der Waals surface area (Å²) in [5.74, 6) is -1.45. The third-order valence-corrected chi connectivity index (χ3v) is 7.12. The molecule has 2 aromatic rings. The number of carbonyl (C=O) groups is 3. The van der Waals surface area contributed by atoms with Gasteiger partial charge in [0.15, 0.2) is 0 Å². The van der Waals surface area contributed by atoms with E-state index in [0.29, 0.717) is 12.8 Å². The highest BCUT2D eigenvalue weighted by Gasteiger charge is 2.40. The van der Waals surface area contributed by atoms with E-state index in [0.717, 1.165) is 41.5 Å². The van der Waals surface area contributed by atoms with Crippen molar-refractivity contribution in [2.45, 2.75) is 50.5 Å². The molecule has 186 valence electrons. The predicted molar refractivity (Wildman–Crippen MR) is 130 cm³/mol. The number of carboxylic acid groups (broad SMARTS) is 1. The van der Waals surface area contributed by atoms with Crippen LogP contribution >= 0.6 is 0 Å². The molecule has 4 rings (SSSR count). The second kappa shape index (κ2) is 10.9. The molecule has 0 aromatic heterocycles. The molecule has 8 heteroatoms. The number of ether oxygens (including phenoxy) is 1. The lowest BCUT2D eigenvalue weighted by Crippen LogP contribution is -2.51. The van der Waals surface area contributed by atoms with Gasteiger partial charge in [-0.15, -0.1) is 0 Å². The molecule has 1 unspecified atom stereocenters. The van der Waals surface area contributed by atoms with Crippen molar-refractivity contribution in [2.75, 3.05) is 19.7 Å². The number of amides is 2. The van der Waals surface area contributed by atoms with Crippen molar-refractivity contribution in [3.8, 4) is 11.1 Å². The summed E-state index contributed by atoms with van der Waals surface area (Å²) in [5.41, 5.74) is 3.77. The molecular weight excluding hydrogens is 448 g/mol. The topological polar surface area (TPSA) is 125 Å². The van der Waals surface area contributed by atoms with Crippen LogP contribution in [0.25, 0.3) is 11.1 Å². The largest absolute Gasteiger partial charge is 0.481 e. The van der Waals surface area contributed by atoms with Crippen LogP contribution in [0.1, 0.15) is 55.6 Å². The fourth-order valence-electron chi connectivity index (χ4n) is 5.28. The lowest BCUT2D eigenvalue weighted by Gasteiger charge is -2.36. The number of carbonyl (C=O) groups excluding carboxylic acids is 2. The molecule has 0 spiro atoms. The Morgan fingerprint density at radius 1 is 0.943 bits per heavy atom. The quantitative estimate of drug-likeness (QED) is 0.436. The first-order valence-electron chi connectivity index (χ1n) is 12.2. The van der Waals surface area contributed by atoms with Crippen LogP contribution in [-0.4, -0.2) is 54.0 Å². The molecular formula is C27H32N2O6. The number of aliphatic carboxylic acids is 1. The number of aliphatic hydroxyl groups is 1. The van der Waals surface area contributed by atoms with Crippen LogP contribution in [0.3, 0.4) is 0 Å². The molecule has 1 atom stereocenters. The van der Waals surface area contributed by atoms with E-state index in [-0.39, 0.29) is 31.5 Å². The average Bonchev–Trinajstić information content (AvgIpc) is 3.18. The van der Waals surface area contributed by atoms with E-state index in [1.165, 1.54) is 0 Å². The standard InChI is InChI=1S/C27H32N2O6/c30-18(14-24(31)32)15-28-25(33)27(12-6-1-7-13-27)17-29-26(34)35-16-23-21-10-4-2-8-19(21)20-9-3-5-11-22(20)23/h2-5,8-11,18,23,30H,1,6-7,12-17H2,(H,28,33)(H,29,34)(H,31,32). The summed E-state index contributed by atoms with van der Waals surface area (Å²) >= 11 is 0. The highest BCUT2D eigenvalue weighted by atomic mass is 16.5. The van der Waals surface area contributed by atoms with Gasteiger partial charge in [0.1, 0.15) is 6.61 Å². The maximum atomic E-state index is 13.0. The second-order valence-corrected chi connectivity index (χ2v) is 9.48. The molecule has 0 heterocycles. The SMILES string of the molecule is O=C(O)CC(O)CNC(=O)C1(CNC(=O)OCC2c3ccccc3-c3ccccc32)CCCCC1.